The molecule has 29 heavy (non-hydrogen) atoms. The average molecular weight is 468 g/mol. The van der Waals surface area contributed by atoms with E-state index in [0.717, 1.165) is 62.8 Å². The van der Waals surface area contributed by atoms with Gasteiger partial charge in [-0.15, -0.1) is 0 Å². The Morgan fingerprint density at radius 1 is 0.690 bits per heavy atom. The first-order chi connectivity index (χ1) is 13.7. The number of nitrogens with one attached hydrogen (secondary N) is 1. The van der Waals surface area contributed by atoms with Gasteiger partial charge in [-0.1, -0.05) is 51.8 Å². The van der Waals surface area contributed by atoms with Crippen molar-refractivity contribution in [3.63, 3.8) is 0 Å². The van der Waals surface area contributed by atoms with Gasteiger partial charge in [-0.2, -0.15) is 16.8 Å². The van der Waals surface area contributed by atoms with E-state index in [2.05, 4.69) is 5.32 Å². The first kappa shape index (κ1) is 26.3. The van der Waals surface area contributed by atoms with Crippen LogP contribution in [0.1, 0.15) is 51.4 Å². The lowest BCUT2D eigenvalue weighted by Crippen LogP contribution is -2.06. The molecule has 168 valence electrons. The topological polar surface area (TPSA) is 121 Å². The molecule has 1 aromatic rings. The standard InChI is InChI=1S/C19H34NO6PS2/c21-28(22,23)16-10-3-1-8-14-27(18-20-19-12-6-5-7-13-19)15-9-2-4-11-17-29(24,25)26/h5-7,12-13,20H,1-4,8-11,14-18H2,(H,21,22,23)(H,24,25,26). The van der Waals surface area contributed by atoms with Crippen molar-refractivity contribution in [2.75, 3.05) is 35.4 Å². The van der Waals surface area contributed by atoms with Gasteiger partial charge in [0.25, 0.3) is 20.2 Å². The lowest BCUT2D eigenvalue weighted by atomic mass is 10.2. The summed E-state index contributed by atoms with van der Waals surface area (Å²) in [4.78, 5) is 0. The predicted molar refractivity (Wildman–Crippen MR) is 121 cm³/mol. The van der Waals surface area contributed by atoms with Crippen LogP contribution in [0.15, 0.2) is 30.3 Å². The van der Waals surface area contributed by atoms with E-state index in [9.17, 15) is 16.8 Å². The molecule has 0 fully saturated rings. The van der Waals surface area contributed by atoms with Crippen molar-refractivity contribution >= 4 is 33.8 Å². The Kier molecular flexibility index (Phi) is 13.0. The van der Waals surface area contributed by atoms with Gasteiger partial charge >= 0.3 is 0 Å². The van der Waals surface area contributed by atoms with Crippen LogP contribution < -0.4 is 5.32 Å². The molecule has 10 heteroatoms. The van der Waals surface area contributed by atoms with Crippen LogP contribution in [-0.2, 0) is 20.2 Å². The third-order valence-electron chi connectivity index (χ3n) is 4.53. The molecule has 0 spiro atoms. The van der Waals surface area contributed by atoms with Gasteiger partial charge in [0.05, 0.1) is 11.5 Å². The molecule has 0 amide bonds. The SMILES string of the molecule is O=S(=O)(O)CCCCCCP(CCCCCCS(=O)(=O)O)CNc1ccccc1. The Balaban J connectivity index is 2.30. The minimum atomic E-state index is -3.86. The lowest BCUT2D eigenvalue weighted by molar-refractivity contribution is 0.477. The van der Waals surface area contributed by atoms with Gasteiger partial charge in [0, 0.05) is 12.0 Å². The van der Waals surface area contributed by atoms with Crippen molar-refractivity contribution in [3.05, 3.63) is 30.3 Å². The highest BCUT2D eigenvalue weighted by Crippen LogP contribution is 2.38. The Morgan fingerprint density at radius 2 is 1.14 bits per heavy atom. The smallest absolute Gasteiger partial charge is 0.264 e. The maximum atomic E-state index is 10.7. The van der Waals surface area contributed by atoms with Crippen LogP contribution in [0.4, 0.5) is 5.69 Å². The van der Waals surface area contributed by atoms with E-state index in [1.54, 1.807) is 0 Å². The van der Waals surface area contributed by atoms with Crippen LogP contribution in [0.5, 0.6) is 0 Å². The number of hydrogen-bond acceptors (Lipinski definition) is 5. The summed E-state index contributed by atoms with van der Waals surface area (Å²) in [6, 6.07) is 10.0. The lowest BCUT2D eigenvalue weighted by Gasteiger charge is -2.19. The van der Waals surface area contributed by atoms with Crippen LogP contribution >= 0.6 is 7.92 Å². The highest BCUT2D eigenvalue weighted by Gasteiger charge is 2.09. The summed E-state index contributed by atoms with van der Waals surface area (Å²) in [6.07, 6.45) is 9.69. The highest BCUT2D eigenvalue weighted by molar-refractivity contribution is 7.86. The summed E-state index contributed by atoms with van der Waals surface area (Å²) >= 11 is 0. The van der Waals surface area contributed by atoms with Gasteiger partial charge in [-0.25, -0.2) is 0 Å². The van der Waals surface area contributed by atoms with Crippen molar-refractivity contribution in [3.8, 4) is 0 Å². The number of unbranched alkanes of at least 4 members (excludes halogenated alkanes) is 6. The van der Waals surface area contributed by atoms with Crippen molar-refractivity contribution in [1.82, 2.24) is 0 Å². The summed E-state index contributed by atoms with van der Waals surface area (Å²) < 4.78 is 60.5. The molecule has 1 rings (SSSR count). The molecule has 1 aromatic carbocycles. The number of hydrogen-bond donors (Lipinski definition) is 3. The second kappa shape index (κ2) is 14.3. The molecule has 0 aromatic heterocycles. The number of benzene rings is 1. The summed E-state index contributed by atoms with van der Waals surface area (Å²) in [6.45, 7) is 0. The van der Waals surface area contributed by atoms with Crippen molar-refractivity contribution in [1.29, 1.82) is 0 Å². The Bertz CT molecular complexity index is 712. The van der Waals surface area contributed by atoms with E-state index in [1.165, 1.54) is 0 Å². The fraction of sp³-hybridized carbons (Fsp3) is 0.684. The zero-order valence-corrected chi connectivity index (χ0v) is 19.4. The normalized spacial score (nSPS) is 12.4. The molecule has 0 saturated carbocycles. The summed E-state index contributed by atoms with van der Waals surface area (Å²) in [5.74, 6) is -0.332. The molecule has 7 nitrogen and oxygen atoms in total. The fourth-order valence-electron chi connectivity index (χ4n) is 2.98. The molecule has 3 N–H and O–H groups in total. The minimum absolute atomic E-state index is 0.166. The monoisotopic (exact) mass is 467 g/mol. The van der Waals surface area contributed by atoms with Crippen LogP contribution in [0.2, 0.25) is 0 Å². The van der Waals surface area contributed by atoms with Gasteiger partial charge < -0.3 is 5.32 Å². The van der Waals surface area contributed by atoms with Gasteiger partial charge in [-0.05, 0) is 50.1 Å². The largest absolute Gasteiger partial charge is 0.381 e. The van der Waals surface area contributed by atoms with Gasteiger partial charge in [0.2, 0.25) is 0 Å². The Morgan fingerprint density at radius 3 is 1.59 bits per heavy atom. The first-order valence-electron chi connectivity index (χ1n) is 10.1. The molecule has 0 aliphatic rings. The van der Waals surface area contributed by atoms with Gasteiger partial charge in [0.15, 0.2) is 0 Å². The average Bonchev–Trinajstić information content (AvgIpc) is 2.63. The quantitative estimate of drug-likeness (QED) is 0.176. The van der Waals surface area contributed by atoms with Crippen molar-refractivity contribution in [2.24, 2.45) is 0 Å². The zero-order chi connectivity index (χ0) is 21.6. The number of para-hydroxylation sites is 1. The maximum absolute atomic E-state index is 10.7. The van der Waals surface area contributed by atoms with E-state index in [1.807, 2.05) is 30.3 Å². The number of anilines is 1. The summed E-state index contributed by atoms with van der Waals surface area (Å²) in [7, 11) is -7.93. The van der Waals surface area contributed by atoms with Crippen molar-refractivity contribution in [2.45, 2.75) is 51.4 Å². The third-order valence-corrected chi connectivity index (χ3v) is 8.65. The fourth-order valence-corrected chi connectivity index (χ4v) is 6.40. The Hall–Kier alpha value is -0.730. The van der Waals surface area contributed by atoms with E-state index >= 15 is 0 Å². The van der Waals surface area contributed by atoms with Crippen LogP contribution in [0.3, 0.4) is 0 Å². The van der Waals surface area contributed by atoms with Gasteiger partial charge in [0.1, 0.15) is 0 Å². The molecule has 0 radical (unpaired) electrons. The molecular formula is C19H34NO6PS2. The minimum Gasteiger partial charge on any atom is -0.381 e. The zero-order valence-electron chi connectivity index (χ0n) is 16.9. The van der Waals surface area contributed by atoms with Gasteiger partial charge in [-0.3, -0.25) is 9.11 Å². The second-order valence-electron chi connectivity index (χ2n) is 7.22. The maximum Gasteiger partial charge on any atom is 0.264 e. The van der Waals surface area contributed by atoms with E-state index in [4.69, 9.17) is 9.11 Å². The van der Waals surface area contributed by atoms with E-state index in [-0.39, 0.29) is 19.4 Å². The molecule has 0 heterocycles. The highest BCUT2D eigenvalue weighted by atomic mass is 32.2. The van der Waals surface area contributed by atoms with E-state index < -0.39 is 20.2 Å². The molecule has 0 saturated heterocycles. The van der Waals surface area contributed by atoms with Crippen LogP contribution in [0.25, 0.3) is 0 Å². The number of rotatable bonds is 17. The predicted octanol–water partition coefficient (Wildman–Crippen LogP) is 4.43. The van der Waals surface area contributed by atoms with Crippen LogP contribution in [-0.4, -0.2) is 56.1 Å². The summed E-state index contributed by atoms with van der Waals surface area (Å²) in [5.41, 5.74) is 1.10. The second-order valence-corrected chi connectivity index (χ2v) is 12.9. The first-order valence-corrected chi connectivity index (χ1v) is 15.2. The molecule has 0 aliphatic carbocycles. The van der Waals surface area contributed by atoms with Crippen molar-refractivity contribution < 1.29 is 25.9 Å². The molecular weight excluding hydrogens is 433 g/mol. The molecule has 0 unspecified atom stereocenters. The third kappa shape index (κ3) is 16.7. The van der Waals surface area contributed by atoms with Crippen LogP contribution in [0, 0.1) is 0 Å². The molecule has 0 aliphatic heterocycles. The molecule has 0 bridgehead atoms. The Labute approximate surface area is 176 Å². The van der Waals surface area contributed by atoms with E-state index in [0.29, 0.717) is 12.8 Å². The summed E-state index contributed by atoms with van der Waals surface area (Å²) in [5, 5.41) is 3.49. The molecule has 0 atom stereocenters.